The zero-order chi connectivity index (χ0) is 11.5. The van der Waals surface area contributed by atoms with Gasteiger partial charge in [0.05, 0.1) is 6.04 Å². The lowest BCUT2D eigenvalue weighted by Gasteiger charge is -2.18. The van der Waals surface area contributed by atoms with Crippen molar-refractivity contribution in [2.24, 2.45) is 5.73 Å². The van der Waals surface area contributed by atoms with Gasteiger partial charge in [-0.05, 0) is 30.5 Å². The predicted octanol–water partition coefficient (Wildman–Crippen LogP) is 2.97. The molecule has 1 heterocycles. The first-order chi connectivity index (χ1) is 7.68. The van der Waals surface area contributed by atoms with Gasteiger partial charge in [0.1, 0.15) is 0 Å². The zero-order valence-electron chi connectivity index (χ0n) is 9.48. The molecular formula is C12H17ClF2N2. The van der Waals surface area contributed by atoms with E-state index in [4.69, 9.17) is 5.73 Å². The standard InChI is InChI=1S/C12H16F2N2.ClH/c13-12(14)11(15)9-3-5-10(6-4-9)16-7-1-2-8-16;/h3-6,11-12H,1-2,7-8,15H2;1H/t11-;/m1./s1. The molecule has 17 heavy (non-hydrogen) atoms. The Morgan fingerprint density at radius 1 is 1.06 bits per heavy atom. The third kappa shape index (κ3) is 3.30. The average molecular weight is 263 g/mol. The van der Waals surface area contributed by atoms with Crippen LogP contribution in [0.5, 0.6) is 0 Å². The molecule has 0 radical (unpaired) electrons. The normalized spacial score (nSPS) is 17.1. The summed E-state index contributed by atoms with van der Waals surface area (Å²) in [5, 5.41) is 0. The third-order valence-electron chi connectivity index (χ3n) is 3.02. The predicted molar refractivity (Wildman–Crippen MR) is 68.1 cm³/mol. The highest BCUT2D eigenvalue weighted by Crippen LogP contribution is 2.24. The van der Waals surface area contributed by atoms with Gasteiger partial charge in [0.15, 0.2) is 0 Å². The van der Waals surface area contributed by atoms with Crippen molar-refractivity contribution < 1.29 is 8.78 Å². The Morgan fingerprint density at radius 2 is 1.59 bits per heavy atom. The van der Waals surface area contributed by atoms with Crippen molar-refractivity contribution in [1.82, 2.24) is 0 Å². The van der Waals surface area contributed by atoms with Gasteiger partial charge in [-0.3, -0.25) is 0 Å². The summed E-state index contributed by atoms with van der Waals surface area (Å²) < 4.78 is 24.8. The van der Waals surface area contributed by atoms with Crippen LogP contribution in [0.25, 0.3) is 0 Å². The van der Waals surface area contributed by atoms with E-state index in [9.17, 15) is 8.78 Å². The molecule has 5 heteroatoms. The fraction of sp³-hybridized carbons (Fsp3) is 0.500. The highest BCUT2D eigenvalue weighted by Gasteiger charge is 2.18. The van der Waals surface area contributed by atoms with Gasteiger partial charge in [0, 0.05) is 18.8 Å². The van der Waals surface area contributed by atoms with Crippen LogP contribution in [0.1, 0.15) is 24.4 Å². The summed E-state index contributed by atoms with van der Waals surface area (Å²) in [5.41, 5.74) is 6.98. The molecule has 96 valence electrons. The van der Waals surface area contributed by atoms with Crippen molar-refractivity contribution in [3.8, 4) is 0 Å². The lowest BCUT2D eigenvalue weighted by molar-refractivity contribution is 0.116. The van der Waals surface area contributed by atoms with E-state index < -0.39 is 12.5 Å². The number of nitrogens with zero attached hydrogens (tertiary/aromatic N) is 1. The summed E-state index contributed by atoms with van der Waals surface area (Å²) in [4.78, 5) is 2.26. The van der Waals surface area contributed by atoms with Crippen LogP contribution < -0.4 is 10.6 Å². The Hall–Kier alpha value is -0.870. The molecule has 1 aliphatic rings. The van der Waals surface area contributed by atoms with E-state index in [1.807, 2.05) is 12.1 Å². The van der Waals surface area contributed by atoms with Crippen molar-refractivity contribution in [3.05, 3.63) is 29.8 Å². The first-order valence-electron chi connectivity index (χ1n) is 5.57. The number of anilines is 1. The van der Waals surface area contributed by atoms with Crippen LogP contribution >= 0.6 is 12.4 Å². The lowest BCUT2D eigenvalue weighted by atomic mass is 10.1. The molecule has 1 atom stereocenters. The van der Waals surface area contributed by atoms with Crippen LogP contribution in [0.15, 0.2) is 24.3 Å². The first-order valence-corrected chi connectivity index (χ1v) is 5.57. The highest BCUT2D eigenvalue weighted by atomic mass is 35.5. The first kappa shape index (κ1) is 14.2. The molecule has 0 saturated carbocycles. The average Bonchev–Trinajstić information content (AvgIpc) is 2.81. The van der Waals surface area contributed by atoms with Crippen LogP contribution in [0, 0.1) is 0 Å². The largest absolute Gasteiger partial charge is 0.372 e. The van der Waals surface area contributed by atoms with Gasteiger partial charge < -0.3 is 10.6 Å². The SMILES string of the molecule is Cl.N[C@H](c1ccc(N2CCCC2)cc1)C(F)F. The molecule has 2 N–H and O–H groups in total. The second-order valence-corrected chi connectivity index (χ2v) is 4.15. The Kier molecular flexibility index (Phi) is 5.15. The Balaban J connectivity index is 0.00000144. The molecule has 1 saturated heterocycles. The number of rotatable bonds is 3. The van der Waals surface area contributed by atoms with Gasteiger partial charge in [-0.1, -0.05) is 12.1 Å². The maximum Gasteiger partial charge on any atom is 0.257 e. The van der Waals surface area contributed by atoms with Gasteiger partial charge >= 0.3 is 0 Å². The third-order valence-corrected chi connectivity index (χ3v) is 3.02. The highest BCUT2D eigenvalue weighted by molar-refractivity contribution is 5.85. The van der Waals surface area contributed by atoms with Crippen molar-refractivity contribution in [1.29, 1.82) is 0 Å². The van der Waals surface area contributed by atoms with E-state index in [1.165, 1.54) is 12.8 Å². The molecule has 1 aromatic carbocycles. The summed E-state index contributed by atoms with van der Waals surface area (Å²) >= 11 is 0. The molecule has 2 nitrogen and oxygen atoms in total. The van der Waals surface area contributed by atoms with Crippen LogP contribution in [0.3, 0.4) is 0 Å². The summed E-state index contributed by atoms with van der Waals surface area (Å²) in [6.45, 7) is 2.11. The van der Waals surface area contributed by atoms with E-state index >= 15 is 0 Å². The summed E-state index contributed by atoms with van der Waals surface area (Å²) in [6, 6.07) is 5.98. The van der Waals surface area contributed by atoms with Crippen LogP contribution in [-0.2, 0) is 0 Å². The van der Waals surface area contributed by atoms with E-state index in [2.05, 4.69) is 4.90 Å². The molecule has 0 spiro atoms. The molecule has 0 aromatic heterocycles. The second-order valence-electron chi connectivity index (χ2n) is 4.15. The topological polar surface area (TPSA) is 29.3 Å². The molecule has 1 aromatic rings. The maximum absolute atomic E-state index is 12.4. The lowest BCUT2D eigenvalue weighted by Crippen LogP contribution is -2.20. The number of hydrogen-bond acceptors (Lipinski definition) is 2. The fourth-order valence-electron chi connectivity index (χ4n) is 2.03. The number of hydrogen-bond donors (Lipinski definition) is 1. The quantitative estimate of drug-likeness (QED) is 0.907. The van der Waals surface area contributed by atoms with Gasteiger partial charge in [0.25, 0.3) is 6.43 Å². The van der Waals surface area contributed by atoms with Crippen molar-refractivity contribution in [3.63, 3.8) is 0 Å². The molecule has 1 aliphatic heterocycles. The maximum atomic E-state index is 12.4. The van der Waals surface area contributed by atoms with Crippen LogP contribution in [-0.4, -0.2) is 19.5 Å². The fourth-order valence-corrected chi connectivity index (χ4v) is 2.03. The van der Waals surface area contributed by atoms with E-state index in [-0.39, 0.29) is 12.4 Å². The van der Waals surface area contributed by atoms with Gasteiger partial charge in [-0.25, -0.2) is 8.78 Å². The Labute approximate surface area is 106 Å². The minimum atomic E-state index is -2.50. The van der Waals surface area contributed by atoms with Gasteiger partial charge in [-0.2, -0.15) is 0 Å². The van der Waals surface area contributed by atoms with E-state index in [1.54, 1.807) is 12.1 Å². The molecule has 1 fully saturated rings. The number of nitrogens with two attached hydrogens (primary N) is 1. The van der Waals surface area contributed by atoms with Crippen molar-refractivity contribution in [2.75, 3.05) is 18.0 Å². The van der Waals surface area contributed by atoms with Crippen molar-refractivity contribution in [2.45, 2.75) is 25.3 Å². The van der Waals surface area contributed by atoms with E-state index in [0.29, 0.717) is 5.56 Å². The molecule has 0 aliphatic carbocycles. The van der Waals surface area contributed by atoms with Gasteiger partial charge in [0.2, 0.25) is 0 Å². The number of benzene rings is 1. The summed E-state index contributed by atoms with van der Waals surface area (Å²) in [5.74, 6) is 0. The number of alkyl halides is 2. The summed E-state index contributed by atoms with van der Waals surface area (Å²) in [6.07, 6.45) is -0.0889. The molecule has 0 amide bonds. The minimum Gasteiger partial charge on any atom is -0.372 e. The van der Waals surface area contributed by atoms with Crippen molar-refractivity contribution >= 4 is 18.1 Å². The molecule has 0 unspecified atom stereocenters. The number of halogens is 3. The monoisotopic (exact) mass is 262 g/mol. The summed E-state index contributed by atoms with van der Waals surface area (Å²) in [7, 11) is 0. The molecule has 0 bridgehead atoms. The zero-order valence-corrected chi connectivity index (χ0v) is 10.3. The Morgan fingerprint density at radius 3 is 2.06 bits per heavy atom. The molecular weight excluding hydrogens is 246 g/mol. The minimum absolute atomic E-state index is 0. The smallest absolute Gasteiger partial charge is 0.257 e. The Bertz CT molecular complexity index is 316. The van der Waals surface area contributed by atoms with Crippen LogP contribution in [0.4, 0.5) is 14.5 Å². The second kappa shape index (κ2) is 6.17. The molecule has 2 rings (SSSR count). The van der Waals surface area contributed by atoms with E-state index in [0.717, 1.165) is 18.8 Å². The van der Waals surface area contributed by atoms with Crippen LogP contribution in [0.2, 0.25) is 0 Å². The van der Waals surface area contributed by atoms with Gasteiger partial charge in [-0.15, -0.1) is 12.4 Å².